The topological polar surface area (TPSA) is 45.9 Å². The van der Waals surface area contributed by atoms with E-state index in [1.807, 2.05) is 11.0 Å². The number of carbonyl (C=O) groups excluding carboxylic acids is 1. The first-order chi connectivity index (χ1) is 10.2. The fourth-order valence-electron chi connectivity index (χ4n) is 3.58. The standard InChI is InChI=1S/C16H24N2O3/c1-3-12-4-5-13(21-12)11-17-7-6-14-15(17)10-16(19)18(14)8-9-20-2/h4-5,14-15H,3,6-11H2,1-2H3/t14-,15+/m1/s1. The molecule has 21 heavy (non-hydrogen) atoms. The van der Waals surface area contributed by atoms with Gasteiger partial charge in [0.05, 0.1) is 13.2 Å². The fourth-order valence-corrected chi connectivity index (χ4v) is 3.58. The summed E-state index contributed by atoms with van der Waals surface area (Å²) in [6.07, 6.45) is 2.62. The lowest BCUT2D eigenvalue weighted by atomic mass is 10.1. The minimum atomic E-state index is 0.264. The molecule has 2 aliphatic rings. The summed E-state index contributed by atoms with van der Waals surface area (Å²) in [5.41, 5.74) is 0. The zero-order valence-corrected chi connectivity index (χ0v) is 12.9. The highest BCUT2D eigenvalue weighted by molar-refractivity contribution is 5.80. The lowest BCUT2D eigenvalue weighted by Crippen LogP contribution is -2.38. The smallest absolute Gasteiger partial charge is 0.224 e. The Morgan fingerprint density at radius 1 is 1.33 bits per heavy atom. The molecule has 0 radical (unpaired) electrons. The lowest BCUT2D eigenvalue weighted by molar-refractivity contribution is -0.129. The van der Waals surface area contributed by atoms with Gasteiger partial charge in [-0.2, -0.15) is 0 Å². The van der Waals surface area contributed by atoms with Gasteiger partial charge < -0.3 is 14.1 Å². The van der Waals surface area contributed by atoms with Crippen LogP contribution in [-0.2, 0) is 22.5 Å². The van der Waals surface area contributed by atoms with Crippen molar-refractivity contribution in [1.29, 1.82) is 0 Å². The maximum absolute atomic E-state index is 12.2. The van der Waals surface area contributed by atoms with Crippen LogP contribution in [0.1, 0.15) is 31.3 Å². The Morgan fingerprint density at radius 2 is 2.14 bits per heavy atom. The Bertz CT molecular complexity index is 499. The van der Waals surface area contributed by atoms with Crippen molar-refractivity contribution in [3.05, 3.63) is 23.7 Å². The highest BCUT2D eigenvalue weighted by atomic mass is 16.5. The maximum atomic E-state index is 12.2. The van der Waals surface area contributed by atoms with Crippen LogP contribution in [-0.4, -0.2) is 54.6 Å². The Morgan fingerprint density at radius 3 is 2.86 bits per heavy atom. The second-order valence-electron chi connectivity index (χ2n) is 5.90. The van der Waals surface area contributed by atoms with E-state index < -0.39 is 0 Å². The monoisotopic (exact) mass is 292 g/mol. The largest absolute Gasteiger partial charge is 0.465 e. The van der Waals surface area contributed by atoms with Crippen LogP contribution in [0.15, 0.2) is 16.5 Å². The number of amides is 1. The molecular formula is C16H24N2O3. The van der Waals surface area contributed by atoms with E-state index in [9.17, 15) is 4.79 Å². The number of aryl methyl sites for hydroxylation is 1. The molecule has 0 aromatic carbocycles. The molecule has 2 fully saturated rings. The van der Waals surface area contributed by atoms with Crippen LogP contribution >= 0.6 is 0 Å². The first-order valence-electron chi connectivity index (χ1n) is 7.83. The summed E-state index contributed by atoms with van der Waals surface area (Å²) < 4.78 is 10.9. The minimum Gasteiger partial charge on any atom is -0.465 e. The quantitative estimate of drug-likeness (QED) is 0.800. The number of nitrogens with zero attached hydrogens (tertiary/aromatic N) is 2. The average Bonchev–Trinajstić information content (AvgIpc) is 3.15. The molecule has 2 saturated heterocycles. The van der Waals surface area contributed by atoms with Crippen LogP contribution in [0, 0.1) is 0 Å². The van der Waals surface area contributed by atoms with E-state index in [4.69, 9.17) is 9.15 Å². The molecule has 1 aromatic heterocycles. The molecule has 5 nitrogen and oxygen atoms in total. The summed E-state index contributed by atoms with van der Waals surface area (Å²) in [6, 6.07) is 4.80. The first kappa shape index (κ1) is 14.6. The summed E-state index contributed by atoms with van der Waals surface area (Å²) in [5, 5.41) is 0. The maximum Gasteiger partial charge on any atom is 0.224 e. The Hall–Kier alpha value is -1.33. The molecule has 3 heterocycles. The predicted octanol–water partition coefficient (Wildman–Crippen LogP) is 1.66. The van der Waals surface area contributed by atoms with E-state index >= 15 is 0 Å². The van der Waals surface area contributed by atoms with Crippen molar-refractivity contribution in [2.24, 2.45) is 0 Å². The lowest BCUT2D eigenvalue weighted by Gasteiger charge is -2.24. The van der Waals surface area contributed by atoms with Crippen molar-refractivity contribution >= 4 is 5.91 Å². The number of fused-ring (bicyclic) bond motifs is 1. The van der Waals surface area contributed by atoms with Crippen molar-refractivity contribution in [3.63, 3.8) is 0 Å². The molecule has 1 amide bonds. The molecule has 1 aromatic rings. The van der Waals surface area contributed by atoms with Crippen LogP contribution < -0.4 is 0 Å². The first-order valence-corrected chi connectivity index (χ1v) is 7.83. The van der Waals surface area contributed by atoms with Gasteiger partial charge >= 0.3 is 0 Å². The molecule has 5 heteroatoms. The van der Waals surface area contributed by atoms with E-state index in [2.05, 4.69) is 17.9 Å². The van der Waals surface area contributed by atoms with Gasteiger partial charge in [0.25, 0.3) is 0 Å². The van der Waals surface area contributed by atoms with Gasteiger partial charge in [0.15, 0.2) is 0 Å². The minimum absolute atomic E-state index is 0.264. The predicted molar refractivity (Wildman–Crippen MR) is 78.9 cm³/mol. The van der Waals surface area contributed by atoms with Crippen molar-refractivity contribution in [2.75, 3.05) is 26.8 Å². The highest BCUT2D eigenvalue weighted by Crippen LogP contribution is 2.33. The van der Waals surface area contributed by atoms with Gasteiger partial charge in [-0.05, 0) is 18.6 Å². The Labute approximate surface area is 125 Å². The van der Waals surface area contributed by atoms with Gasteiger partial charge in [-0.25, -0.2) is 0 Å². The van der Waals surface area contributed by atoms with E-state index in [1.54, 1.807) is 7.11 Å². The molecule has 0 spiro atoms. The number of furan rings is 1. The summed E-state index contributed by atoms with van der Waals surface area (Å²) >= 11 is 0. The van der Waals surface area contributed by atoms with Crippen molar-refractivity contribution in [2.45, 2.75) is 44.8 Å². The summed E-state index contributed by atoms with van der Waals surface area (Å²) in [7, 11) is 1.68. The third-order valence-electron chi connectivity index (χ3n) is 4.69. The molecule has 2 aliphatic heterocycles. The zero-order valence-electron chi connectivity index (χ0n) is 12.9. The van der Waals surface area contributed by atoms with Gasteiger partial charge in [0, 0.05) is 45.1 Å². The second-order valence-corrected chi connectivity index (χ2v) is 5.90. The molecule has 3 rings (SSSR count). The molecule has 0 N–H and O–H groups in total. The second kappa shape index (κ2) is 6.20. The molecular weight excluding hydrogens is 268 g/mol. The van der Waals surface area contributed by atoms with Crippen molar-refractivity contribution in [1.82, 2.24) is 9.80 Å². The number of carbonyl (C=O) groups is 1. The number of likely N-dealkylation sites (tertiary alicyclic amines) is 2. The van der Waals surface area contributed by atoms with E-state index in [-0.39, 0.29) is 5.91 Å². The molecule has 0 saturated carbocycles. The van der Waals surface area contributed by atoms with E-state index in [0.717, 1.165) is 37.5 Å². The van der Waals surface area contributed by atoms with Crippen LogP contribution in [0.4, 0.5) is 0 Å². The van der Waals surface area contributed by atoms with Crippen molar-refractivity contribution < 1.29 is 13.9 Å². The number of hydrogen-bond donors (Lipinski definition) is 0. The number of rotatable bonds is 6. The van der Waals surface area contributed by atoms with E-state index in [1.165, 1.54) is 0 Å². The SMILES string of the molecule is CCc1ccc(CN2CC[C@@H]3[C@@H]2CC(=O)N3CCOC)o1. The summed E-state index contributed by atoms with van der Waals surface area (Å²) in [6.45, 7) is 5.27. The van der Waals surface area contributed by atoms with Gasteiger partial charge in [0.1, 0.15) is 11.5 Å². The van der Waals surface area contributed by atoms with Gasteiger partial charge in [-0.15, -0.1) is 0 Å². The normalized spacial score (nSPS) is 25.8. The third-order valence-corrected chi connectivity index (χ3v) is 4.69. The van der Waals surface area contributed by atoms with Gasteiger partial charge in [-0.3, -0.25) is 9.69 Å². The van der Waals surface area contributed by atoms with Crippen molar-refractivity contribution in [3.8, 4) is 0 Å². The average molecular weight is 292 g/mol. The van der Waals surface area contributed by atoms with Gasteiger partial charge in [-0.1, -0.05) is 6.92 Å². The fraction of sp³-hybridized carbons (Fsp3) is 0.688. The van der Waals surface area contributed by atoms with Gasteiger partial charge in [0.2, 0.25) is 5.91 Å². The Kier molecular flexibility index (Phi) is 4.31. The molecule has 0 unspecified atom stereocenters. The number of methoxy groups -OCH3 is 1. The van der Waals surface area contributed by atoms with Crippen LogP contribution in [0.3, 0.4) is 0 Å². The van der Waals surface area contributed by atoms with Crippen LogP contribution in [0.5, 0.6) is 0 Å². The highest BCUT2D eigenvalue weighted by Gasteiger charge is 2.46. The zero-order chi connectivity index (χ0) is 14.8. The molecule has 0 bridgehead atoms. The Balaban J connectivity index is 1.63. The molecule has 116 valence electrons. The summed E-state index contributed by atoms with van der Waals surface area (Å²) in [4.78, 5) is 16.6. The number of ether oxygens (including phenoxy) is 1. The van der Waals surface area contributed by atoms with Crippen LogP contribution in [0.25, 0.3) is 0 Å². The van der Waals surface area contributed by atoms with E-state index in [0.29, 0.717) is 31.7 Å². The molecule has 0 aliphatic carbocycles. The third kappa shape index (κ3) is 2.85. The molecule has 2 atom stereocenters. The summed E-state index contributed by atoms with van der Waals surface area (Å²) in [5.74, 6) is 2.31. The van der Waals surface area contributed by atoms with Crippen LogP contribution in [0.2, 0.25) is 0 Å². The number of hydrogen-bond acceptors (Lipinski definition) is 4.